The second-order valence-electron chi connectivity index (χ2n) is 3.93. The van der Waals surface area contributed by atoms with Gasteiger partial charge in [0.15, 0.2) is 11.6 Å². The van der Waals surface area contributed by atoms with Crippen LogP contribution in [0.4, 0.5) is 14.5 Å². The van der Waals surface area contributed by atoms with Crippen LogP contribution in [0.3, 0.4) is 0 Å². The van der Waals surface area contributed by atoms with Gasteiger partial charge in [0.05, 0.1) is 12.1 Å². The highest BCUT2D eigenvalue weighted by Crippen LogP contribution is 2.19. The molecule has 1 heterocycles. The Balaban J connectivity index is 2.28. The van der Waals surface area contributed by atoms with E-state index in [1.165, 1.54) is 4.90 Å². The molecular formula is C11H11F2N3O2. The van der Waals surface area contributed by atoms with Gasteiger partial charge in [0, 0.05) is 24.8 Å². The number of hydrogen-bond donors (Lipinski definition) is 2. The standard InChI is InChI=1S/C11H11F2N3O2/c12-7-3-6(9(14)4-8(7)13)11(18)16-2-1-15-10(17)5-16/h3-4H,1-2,5,14H2,(H,15,17). The third kappa shape index (κ3) is 2.24. The van der Waals surface area contributed by atoms with Crippen LogP contribution in [0.1, 0.15) is 10.4 Å². The Hall–Kier alpha value is -2.18. The summed E-state index contributed by atoms with van der Waals surface area (Å²) in [5, 5.41) is 2.56. The highest BCUT2D eigenvalue weighted by atomic mass is 19.2. The van der Waals surface area contributed by atoms with E-state index in [1.807, 2.05) is 0 Å². The summed E-state index contributed by atoms with van der Waals surface area (Å²) >= 11 is 0. The van der Waals surface area contributed by atoms with E-state index in [4.69, 9.17) is 5.73 Å². The number of nitrogen functional groups attached to an aromatic ring is 1. The van der Waals surface area contributed by atoms with Crippen molar-refractivity contribution in [3.8, 4) is 0 Å². The number of carbonyl (C=O) groups excluding carboxylic acids is 2. The summed E-state index contributed by atoms with van der Waals surface area (Å²) in [6.07, 6.45) is 0. The molecule has 0 spiro atoms. The Morgan fingerprint density at radius 1 is 1.33 bits per heavy atom. The van der Waals surface area contributed by atoms with E-state index >= 15 is 0 Å². The van der Waals surface area contributed by atoms with Crippen LogP contribution < -0.4 is 11.1 Å². The molecule has 0 saturated carbocycles. The Labute approximate surface area is 102 Å². The maximum absolute atomic E-state index is 13.1. The Bertz CT molecular complexity index is 519. The lowest BCUT2D eigenvalue weighted by Crippen LogP contribution is -2.50. The molecular weight excluding hydrogens is 244 g/mol. The molecule has 0 aliphatic carbocycles. The van der Waals surface area contributed by atoms with Crippen molar-refractivity contribution in [3.05, 3.63) is 29.3 Å². The maximum Gasteiger partial charge on any atom is 0.256 e. The number of halogens is 2. The highest BCUT2D eigenvalue weighted by molar-refractivity contribution is 6.01. The number of piperazine rings is 1. The van der Waals surface area contributed by atoms with E-state index < -0.39 is 17.5 Å². The van der Waals surface area contributed by atoms with Crippen molar-refractivity contribution in [1.29, 1.82) is 0 Å². The Kier molecular flexibility index (Phi) is 3.14. The second-order valence-corrected chi connectivity index (χ2v) is 3.93. The minimum atomic E-state index is -1.14. The molecule has 3 N–H and O–H groups in total. The van der Waals surface area contributed by atoms with Gasteiger partial charge in [-0.2, -0.15) is 0 Å². The molecule has 2 amide bonds. The Morgan fingerprint density at radius 2 is 2.00 bits per heavy atom. The topological polar surface area (TPSA) is 75.4 Å². The fraction of sp³-hybridized carbons (Fsp3) is 0.273. The van der Waals surface area contributed by atoms with E-state index in [1.54, 1.807) is 0 Å². The van der Waals surface area contributed by atoms with Gasteiger partial charge in [0.1, 0.15) is 0 Å². The molecule has 7 heteroatoms. The molecule has 1 fully saturated rings. The van der Waals surface area contributed by atoms with Gasteiger partial charge in [0.2, 0.25) is 5.91 Å². The molecule has 1 saturated heterocycles. The minimum Gasteiger partial charge on any atom is -0.398 e. The van der Waals surface area contributed by atoms with Gasteiger partial charge in [0.25, 0.3) is 5.91 Å². The van der Waals surface area contributed by atoms with E-state index in [9.17, 15) is 18.4 Å². The SMILES string of the molecule is Nc1cc(F)c(F)cc1C(=O)N1CCNC(=O)C1. The zero-order valence-electron chi connectivity index (χ0n) is 9.37. The van der Waals surface area contributed by atoms with E-state index in [2.05, 4.69) is 5.32 Å². The number of benzene rings is 1. The summed E-state index contributed by atoms with van der Waals surface area (Å²) in [6, 6.07) is 1.51. The van der Waals surface area contributed by atoms with E-state index in [-0.39, 0.29) is 23.7 Å². The summed E-state index contributed by atoms with van der Waals surface area (Å²) < 4.78 is 26.0. The number of hydrogen-bond acceptors (Lipinski definition) is 3. The lowest BCUT2D eigenvalue weighted by Gasteiger charge is -2.27. The zero-order valence-corrected chi connectivity index (χ0v) is 9.37. The monoisotopic (exact) mass is 255 g/mol. The normalized spacial score (nSPS) is 15.4. The van der Waals surface area contributed by atoms with Crippen LogP contribution in [0.15, 0.2) is 12.1 Å². The van der Waals surface area contributed by atoms with E-state index in [0.717, 1.165) is 12.1 Å². The number of amides is 2. The summed E-state index contributed by atoms with van der Waals surface area (Å²) in [7, 11) is 0. The quantitative estimate of drug-likeness (QED) is 0.700. The average molecular weight is 255 g/mol. The van der Waals surface area contributed by atoms with Crippen LogP contribution in [0.25, 0.3) is 0 Å². The van der Waals surface area contributed by atoms with E-state index in [0.29, 0.717) is 13.1 Å². The second kappa shape index (κ2) is 4.59. The first kappa shape index (κ1) is 12.3. The molecule has 0 radical (unpaired) electrons. The van der Waals surface area contributed by atoms with Crippen LogP contribution in [0.2, 0.25) is 0 Å². The third-order valence-corrected chi connectivity index (χ3v) is 2.65. The predicted octanol–water partition coefficient (Wildman–Crippen LogP) is 0.119. The summed E-state index contributed by atoms with van der Waals surface area (Å²) in [5.74, 6) is -3.13. The van der Waals surface area contributed by atoms with Crippen molar-refractivity contribution in [2.45, 2.75) is 0 Å². The van der Waals surface area contributed by atoms with Crippen molar-refractivity contribution in [2.24, 2.45) is 0 Å². The summed E-state index contributed by atoms with van der Waals surface area (Å²) in [6.45, 7) is 0.522. The van der Waals surface area contributed by atoms with Gasteiger partial charge in [-0.15, -0.1) is 0 Å². The largest absolute Gasteiger partial charge is 0.398 e. The van der Waals surface area contributed by atoms with Crippen molar-refractivity contribution in [3.63, 3.8) is 0 Å². The molecule has 1 aliphatic heterocycles. The smallest absolute Gasteiger partial charge is 0.256 e. The molecule has 0 aromatic heterocycles. The number of carbonyl (C=O) groups is 2. The molecule has 1 aromatic rings. The molecule has 96 valence electrons. The molecule has 1 aliphatic rings. The van der Waals surface area contributed by atoms with Crippen LogP contribution >= 0.6 is 0 Å². The molecule has 0 atom stereocenters. The van der Waals surface area contributed by atoms with Crippen LogP contribution in [0, 0.1) is 11.6 Å². The van der Waals surface area contributed by atoms with Crippen molar-refractivity contribution < 1.29 is 18.4 Å². The molecule has 0 bridgehead atoms. The Morgan fingerprint density at radius 3 is 2.67 bits per heavy atom. The minimum absolute atomic E-state index is 0.114. The van der Waals surface area contributed by atoms with Crippen molar-refractivity contribution in [2.75, 3.05) is 25.4 Å². The fourth-order valence-corrected chi connectivity index (χ4v) is 1.73. The van der Waals surface area contributed by atoms with Crippen molar-refractivity contribution >= 4 is 17.5 Å². The lowest BCUT2D eigenvalue weighted by molar-refractivity contribution is -0.123. The molecule has 18 heavy (non-hydrogen) atoms. The van der Waals surface area contributed by atoms with Crippen LogP contribution in [-0.4, -0.2) is 36.3 Å². The average Bonchev–Trinajstić information content (AvgIpc) is 2.33. The van der Waals surface area contributed by atoms with Crippen LogP contribution in [-0.2, 0) is 4.79 Å². The molecule has 2 rings (SSSR count). The lowest BCUT2D eigenvalue weighted by atomic mass is 10.1. The first-order chi connectivity index (χ1) is 8.49. The summed E-state index contributed by atoms with van der Waals surface area (Å²) in [4.78, 5) is 24.4. The highest BCUT2D eigenvalue weighted by Gasteiger charge is 2.24. The van der Waals surface area contributed by atoms with Crippen molar-refractivity contribution in [1.82, 2.24) is 10.2 Å². The first-order valence-corrected chi connectivity index (χ1v) is 5.29. The number of rotatable bonds is 1. The van der Waals surface area contributed by atoms with Gasteiger partial charge in [-0.3, -0.25) is 9.59 Å². The van der Waals surface area contributed by atoms with Crippen LogP contribution in [0.5, 0.6) is 0 Å². The maximum atomic E-state index is 13.1. The summed E-state index contributed by atoms with van der Waals surface area (Å²) in [5.41, 5.74) is 5.19. The molecule has 0 unspecified atom stereocenters. The zero-order chi connectivity index (χ0) is 13.3. The van der Waals surface area contributed by atoms with Gasteiger partial charge >= 0.3 is 0 Å². The number of anilines is 1. The number of nitrogens with one attached hydrogen (secondary N) is 1. The molecule has 5 nitrogen and oxygen atoms in total. The number of nitrogens with two attached hydrogens (primary N) is 1. The predicted molar refractivity (Wildman–Crippen MR) is 59.7 cm³/mol. The first-order valence-electron chi connectivity index (χ1n) is 5.29. The fourth-order valence-electron chi connectivity index (χ4n) is 1.73. The number of nitrogens with zero attached hydrogens (tertiary/aromatic N) is 1. The third-order valence-electron chi connectivity index (χ3n) is 2.65. The van der Waals surface area contributed by atoms with Gasteiger partial charge < -0.3 is 16.0 Å². The van der Waals surface area contributed by atoms with Gasteiger partial charge in [-0.05, 0) is 6.07 Å². The van der Waals surface area contributed by atoms with Gasteiger partial charge in [-0.1, -0.05) is 0 Å². The molecule has 1 aromatic carbocycles. The van der Waals surface area contributed by atoms with Gasteiger partial charge in [-0.25, -0.2) is 8.78 Å².